The van der Waals surface area contributed by atoms with E-state index in [4.69, 9.17) is 0 Å². The summed E-state index contributed by atoms with van der Waals surface area (Å²) < 4.78 is 23.5. The Balaban J connectivity index is 1.83. The Hall–Kier alpha value is -2.48. The number of sulfone groups is 1. The Morgan fingerprint density at radius 2 is 1.96 bits per heavy atom. The number of hydrogen-bond acceptors (Lipinski definition) is 6. The molecule has 1 aliphatic rings. The van der Waals surface area contributed by atoms with E-state index in [1.165, 1.54) is 6.33 Å². The van der Waals surface area contributed by atoms with Gasteiger partial charge in [0.25, 0.3) is 5.91 Å². The fourth-order valence-corrected chi connectivity index (χ4v) is 5.15. The molecule has 1 amide bonds. The second-order valence-electron chi connectivity index (χ2n) is 6.83. The highest BCUT2D eigenvalue weighted by Gasteiger charge is 2.34. The number of hydrogen-bond donors (Lipinski definition) is 1. The molecule has 1 N–H and O–H groups in total. The number of amides is 1. The molecule has 0 spiro atoms. The smallest absolute Gasteiger partial charge is 0.272 e. The van der Waals surface area contributed by atoms with E-state index in [2.05, 4.69) is 15.3 Å². The van der Waals surface area contributed by atoms with E-state index >= 15 is 0 Å². The van der Waals surface area contributed by atoms with E-state index in [1.54, 1.807) is 11.0 Å². The van der Waals surface area contributed by atoms with Crippen molar-refractivity contribution in [3.63, 3.8) is 0 Å². The van der Waals surface area contributed by atoms with Gasteiger partial charge in [0.05, 0.1) is 11.5 Å². The normalized spacial score (nSPS) is 18.3. The molecule has 2 heterocycles. The fraction of sp³-hybridized carbons (Fsp3) is 0.421. The molecule has 7 nitrogen and oxygen atoms in total. The van der Waals surface area contributed by atoms with Crippen LogP contribution < -0.4 is 5.32 Å². The maximum absolute atomic E-state index is 12.9. The zero-order chi connectivity index (χ0) is 19.6. The number of para-hydroxylation sites is 1. The Kier molecular flexibility index (Phi) is 5.46. The third-order valence-corrected chi connectivity index (χ3v) is 6.62. The maximum Gasteiger partial charge on any atom is 0.272 e. The van der Waals surface area contributed by atoms with E-state index in [1.807, 2.05) is 39.0 Å². The van der Waals surface area contributed by atoms with Crippen LogP contribution in [0.1, 0.15) is 35.0 Å². The topological polar surface area (TPSA) is 92.3 Å². The summed E-state index contributed by atoms with van der Waals surface area (Å²) in [5, 5.41) is 3.26. The van der Waals surface area contributed by atoms with Crippen LogP contribution in [0.3, 0.4) is 0 Å². The lowest BCUT2D eigenvalue weighted by molar-refractivity contribution is 0.0702. The largest absolute Gasteiger partial charge is 0.340 e. The first kappa shape index (κ1) is 19.3. The van der Waals surface area contributed by atoms with Gasteiger partial charge in [0, 0.05) is 24.3 Å². The van der Waals surface area contributed by atoms with Crippen molar-refractivity contribution in [2.75, 3.05) is 23.4 Å². The SMILES string of the molecule is CCN(C(=O)c1cc(Nc2c(C)cccc2C)ncn1)C1CCS(=O)(=O)C1. The van der Waals surface area contributed by atoms with Crippen LogP contribution in [0.5, 0.6) is 0 Å². The standard InChI is InChI=1S/C19H24N4O3S/c1-4-23(15-8-9-27(25,26)11-15)19(24)16-10-17(21-12-20-16)22-18-13(2)6-5-7-14(18)3/h5-7,10,12,15H,4,8-9,11H2,1-3H3,(H,20,21,22). The van der Waals surface area contributed by atoms with Crippen LogP contribution >= 0.6 is 0 Å². The maximum atomic E-state index is 12.9. The zero-order valence-corrected chi connectivity index (χ0v) is 16.6. The Labute approximate surface area is 159 Å². The first-order valence-electron chi connectivity index (χ1n) is 8.97. The highest BCUT2D eigenvalue weighted by molar-refractivity contribution is 7.91. The van der Waals surface area contributed by atoms with Crippen LogP contribution in [-0.2, 0) is 9.84 Å². The van der Waals surface area contributed by atoms with Crippen molar-refractivity contribution in [2.45, 2.75) is 33.2 Å². The number of rotatable bonds is 5. The van der Waals surface area contributed by atoms with Gasteiger partial charge in [-0.2, -0.15) is 0 Å². The first-order valence-corrected chi connectivity index (χ1v) is 10.8. The van der Waals surface area contributed by atoms with E-state index in [-0.39, 0.29) is 29.1 Å². The summed E-state index contributed by atoms with van der Waals surface area (Å²) in [6.45, 7) is 6.28. The quantitative estimate of drug-likeness (QED) is 0.846. The van der Waals surface area contributed by atoms with Crippen molar-refractivity contribution in [2.24, 2.45) is 0 Å². The molecular formula is C19H24N4O3S. The molecule has 1 aromatic heterocycles. The molecule has 2 aromatic rings. The summed E-state index contributed by atoms with van der Waals surface area (Å²) in [4.78, 5) is 22.8. The number of carbonyl (C=O) groups excluding carboxylic acids is 1. The molecule has 0 saturated carbocycles. The average molecular weight is 388 g/mol. The van der Waals surface area contributed by atoms with Crippen LogP contribution in [0.15, 0.2) is 30.6 Å². The highest BCUT2D eigenvalue weighted by Crippen LogP contribution is 2.24. The molecule has 1 fully saturated rings. The van der Waals surface area contributed by atoms with Gasteiger partial charge >= 0.3 is 0 Å². The molecule has 1 aliphatic heterocycles. The summed E-state index contributed by atoms with van der Waals surface area (Å²) in [6.07, 6.45) is 1.82. The van der Waals surface area contributed by atoms with Crippen molar-refractivity contribution in [3.8, 4) is 0 Å². The number of nitrogens with one attached hydrogen (secondary N) is 1. The van der Waals surface area contributed by atoms with Crippen LogP contribution in [0.4, 0.5) is 11.5 Å². The van der Waals surface area contributed by atoms with Crippen LogP contribution in [-0.4, -0.2) is 53.3 Å². The molecule has 1 unspecified atom stereocenters. The molecule has 3 rings (SSSR count). The number of anilines is 2. The Morgan fingerprint density at radius 1 is 1.26 bits per heavy atom. The predicted molar refractivity (Wildman–Crippen MR) is 105 cm³/mol. The molecule has 27 heavy (non-hydrogen) atoms. The molecule has 0 bridgehead atoms. The van der Waals surface area contributed by atoms with Gasteiger partial charge in [-0.15, -0.1) is 0 Å². The summed E-state index contributed by atoms with van der Waals surface area (Å²) in [7, 11) is -3.06. The molecule has 0 aliphatic carbocycles. The van der Waals surface area contributed by atoms with Crippen LogP contribution in [0, 0.1) is 13.8 Å². The fourth-order valence-electron chi connectivity index (χ4n) is 3.42. The van der Waals surface area contributed by atoms with E-state index < -0.39 is 9.84 Å². The third-order valence-electron chi connectivity index (χ3n) is 4.87. The monoisotopic (exact) mass is 388 g/mol. The van der Waals surface area contributed by atoms with Gasteiger partial charge in [0.1, 0.15) is 17.8 Å². The second-order valence-corrected chi connectivity index (χ2v) is 9.06. The molecule has 1 aromatic carbocycles. The van der Waals surface area contributed by atoms with Gasteiger partial charge in [0.15, 0.2) is 9.84 Å². The first-order chi connectivity index (χ1) is 12.8. The molecular weight excluding hydrogens is 364 g/mol. The van der Waals surface area contributed by atoms with Gasteiger partial charge < -0.3 is 10.2 Å². The zero-order valence-electron chi connectivity index (χ0n) is 15.8. The number of aromatic nitrogens is 2. The lowest BCUT2D eigenvalue weighted by Gasteiger charge is -2.26. The van der Waals surface area contributed by atoms with Crippen molar-refractivity contribution in [1.82, 2.24) is 14.9 Å². The van der Waals surface area contributed by atoms with Gasteiger partial charge in [-0.25, -0.2) is 18.4 Å². The number of benzene rings is 1. The lowest BCUT2D eigenvalue weighted by atomic mass is 10.1. The Morgan fingerprint density at radius 3 is 2.56 bits per heavy atom. The van der Waals surface area contributed by atoms with E-state index in [0.29, 0.717) is 18.8 Å². The van der Waals surface area contributed by atoms with Gasteiger partial charge in [-0.1, -0.05) is 18.2 Å². The summed E-state index contributed by atoms with van der Waals surface area (Å²) >= 11 is 0. The van der Waals surface area contributed by atoms with Crippen LogP contribution in [0.25, 0.3) is 0 Å². The summed E-state index contributed by atoms with van der Waals surface area (Å²) in [5.41, 5.74) is 3.36. The predicted octanol–water partition coefficient (Wildman–Crippen LogP) is 2.49. The third kappa shape index (κ3) is 4.27. The summed E-state index contributed by atoms with van der Waals surface area (Å²) in [6, 6.07) is 7.31. The number of aryl methyl sites for hydroxylation is 2. The average Bonchev–Trinajstić information content (AvgIpc) is 2.99. The van der Waals surface area contributed by atoms with Crippen molar-refractivity contribution >= 4 is 27.2 Å². The molecule has 1 saturated heterocycles. The number of nitrogens with zero attached hydrogens (tertiary/aromatic N) is 3. The van der Waals surface area contributed by atoms with E-state index in [9.17, 15) is 13.2 Å². The number of carbonyl (C=O) groups is 1. The minimum absolute atomic E-state index is 0.0190. The van der Waals surface area contributed by atoms with Crippen molar-refractivity contribution in [1.29, 1.82) is 0 Å². The van der Waals surface area contributed by atoms with Gasteiger partial charge in [0.2, 0.25) is 0 Å². The highest BCUT2D eigenvalue weighted by atomic mass is 32.2. The van der Waals surface area contributed by atoms with E-state index in [0.717, 1.165) is 16.8 Å². The Bertz CT molecular complexity index is 939. The molecule has 1 atom stereocenters. The molecule has 8 heteroatoms. The molecule has 0 radical (unpaired) electrons. The lowest BCUT2D eigenvalue weighted by Crippen LogP contribution is -2.41. The van der Waals surface area contributed by atoms with Crippen molar-refractivity contribution in [3.05, 3.63) is 47.4 Å². The van der Waals surface area contributed by atoms with Gasteiger partial charge in [-0.05, 0) is 38.3 Å². The second kappa shape index (κ2) is 7.64. The van der Waals surface area contributed by atoms with Crippen molar-refractivity contribution < 1.29 is 13.2 Å². The minimum Gasteiger partial charge on any atom is -0.340 e. The molecule has 144 valence electrons. The van der Waals surface area contributed by atoms with Gasteiger partial charge in [-0.3, -0.25) is 4.79 Å². The van der Waals surface area contributed by atoms with Crippen LogP contribution in [0.2, 0.25) is 0 Å². The summed E-state index contributed by atoms with van der Waals surface area (Å²) in [5.74, 6) is 0.405. The minimum atomic E-state index is -3.06.